The molecule has 0 fully saturated rings. The fourth-order valence-corrected chi connectivity index (χ4v) is 2.42. The first-order valence-electron chi connectivity index (χ1n) is 7.30. The fourth-order valence-electron chi connectivity index (χ4n) is 2.42. The third-order valence-corrected chi connectivity index (χ3v) is 3.74. The van der Waals surface area contributed by atoms with Gasteiger partial charge in [0.2, 0.25) is 5.91 Å². The lowest BCUT2D eigenvalue weighted by Crippen LogP contribution is -2.35. The predicted molar refractivity (Wildman–Crippen MR) is 83.9 cm³/mol. The summed E-state index contributed by atoms with van der Waals surface area (Å²) in [6.45, 7) is 9.10. The zero-order valence-corrected chi connectivity index (χ0v) is 13.2. The smallest absolute Gasteiger partial charge is 0.220 e. The molecular weight excluding hydrogens is 262 g/mol. The first-order chi connectivity index (χ1) is 9.99. The summed E-state index contributed by atoms with van der Waals surface area (Å²) in [6.07, 6.45) is 3.77. The Bertz CT molecular complexity index is 616. The maximum Gasteiger partial charge on any atom is 0.220 e. The molecule has 1 aromatic heterocycles. The molecule has 0 saturated heterocycles. The molecule has 0 saturated carbocycles. The van der Waals surface area contributed by atoms with Crippen molar-refractivity contribution in [3.8, 4) is 0 Å². The zero-order valence-electron chi connectivity index (χ0n) is 13.2. The SMILES string of the molecule is CC(=O)N(Cc1nccn1Cc1ccccc1C)C(C)C. The monoisotopic (exact) mass is 285 g/mol. The van der Waals surface area contributed by atoms with Crippen LogP contribution in [-0.4, -0.2) is 26.4 Å². The Morgan fingerprint density at radius 3 is 2.67 bits per heavy atom. The van der Waals surface area contributed by atoms with E-state index in [9.17, 15) is 4.79 Å². The van der Waals surface area contributed by atoms with Crippen molar-refractivity contribution in [1.82, 2.24) is 14.5 Å². The lowest BCUT2D eigenvalue weighted by atomic mass is 10.1. The van der Waals surface area contributed by atoms with E-state index in [4.69, 9.17) is 0 Å². The Kier molecular flexibility index (Phi) is 4.78. The normalized spacial score (nSPS) is 10.9. The highest BCUT2D eigenvalue weighted by Crippen LogP contribution is 2.13. The number of aromatic nitrogens is 2. The number of hydrogen-bond acceptors (Lipinski definition) is 2. The summed E-state index contributed by atoms with van der Waals surface area (Å²) in [7, 11) is 0. The van der Waals surface area contributed by atoms with Crippen molar-refractivity contribution >= 4 is 5.91 Å². The molecule has 0 radical (unpaired) electrons. The highest BCUT2D eigenvalue weighted by molar-refractivity contribution is 5.73. The quantitative estimate of drug-likeness (QED) is 0.847. The predicted octanol–water partition coefficient (Wildman–Crippen LogP) is 3.00. The van der Waals surface area contributed by atoms with Gasteiger partial charge in [0.25, 0.3) is 0 Å². The number of amides is 1. The number of imidazole rings is 1. The fraction of sp³-hybridized carbons (Fsp3) is 0.412. The second-order valence-electron chi connectivity index (χ2n) is 5.64. The summed E-state index contributed by atoms with van der Waals surface area (Å²) in [5, 5.41) is 0. The van der Waals surface area contributed by atoms with E-state index >= 15 is 0 Å². The molecule has 2 rings (SSSR count). The molecule has 0 atom stereocenters. The second kappa shape index (κ2) is 6.57. The molecular formula is C17H23N3O. The average Bonchev–Trinajstić information content (AvgIpc) is 2.85. The van der Waals surface area contributed by atoms with Crippen molar-refractivity contribution in [2.24, 2.45) is 0 Å². The van der Waals surface area contributed by atoms with E-state index in [-0.39, 0.29) is 11.9 Å². The van der Waals surface area contributed by atoms with Crippen LogP contribution < -0.4 is 0 Å². The van der Waals surface area contributed by atoms with Gasteiger partial charge < -0.3 is 9.47 Å². The number of nitrogens with zero attached hydrogens (tertiary/aromatic N) is 3. The van der Waals surface area contributed by atoms with E-state index < -0.39 is 0 Å². The molecule has 21 heavy (non-hydrogen) atoms. The van der Waals surface area contributed by atoms with Crippen LogP contribution in [0.3, 0.4) is 0 Å². The lowest BCUT2D eigenvalue weighted by Gasteiger charge is -2.25. The summed E-state index contributed by atoms with van der Waals surface area (Å²) < 4.78 is 2.11. The Balaban J connectivity index is 2.19. The molecule has 1 heterocycles. The van der Waals surface area contributed by atoms with Gasteiger partial charge in [-0.05, 0) is 31.9 Å². The minimum atomic E-state index is 0.0791. The van der Waals surface area contributed by atoms with Crippen LogP contribution in [0.4, 0.5) is 0 Å². The Hall–Kier alpha value is -2.10. The summed E-state index contributed by atoms with van der Waals surface area (Å²) in [4.78, 5) is 18.0. The van der Waals surface area contributed by atoms with Gasteiger partial charge in [0, 0.05) is 31.9 Å². The third-order valence-electron chi connectivity index (χ3n) is 3.74. The van der Waals surface area contributed by atoms with Crippen LogP contribution >= 0.6 is 0 Å². The maximum absolute atomic E-state index is 11.7. The molecule has 0 unspecified atom stereocenters. The molecule has 112 valence electrons. The van der Waals surface area contributed by atoms with Crippen molar-refractivity contribution in [1.29, 1.82) is 0 Å². The first kappa shape index (κ1) is 15.3. The van der Waals surface area contributed by atoms with Crippen LogP contribution in [0, 0.1) is 6.92 Å². The Labute approximate surface area is 126 Å². The summed E-state index contributed by atoms with van der Waals surface area (Å²) in [5.74, 6) is 0.998. The van der Waals surface area contributed by atoms with E-state index in [2.05, 4.69) is 34.7 Å². The molecule has 0 aliphatic carbocycles. The van der Waals surface area contributed by atoms with Crippen LogP contribution in [-0.2, 0) is 17.9 Å². The molecule has 1 amide bonds. The standard InChI is InChI=1S/C17H23N3O/c1-13(2)20(15(4)21)12-17-18-9-10-19(17)11-16-8-6-5-7-14(16)3/h5-10,13H,11-12H2,1-4H3. The van der Waals surface area contributed by atoms with Crippen LogP contribution in [0.15, 0.2) is 36.7 Å². The van der Waals surface area contributed by atoms with Gasteiger partial charge in [-0.1, -0.05) is 24.3 Å². The minimum absolute atomic E-state index is 0.0791. The number of carbonyl (C=O) groups excluding carboxylic acids is 1. The van der Waals surface area contributed by atoms with Crippen LogP contribution in [0.1, 0.15) is 37.7 Å². The van der Waals surface area contributed by atoms with Gasteiger partial charge in [-0.25, -0.2) is 4.98 Å². The van der Waals surface area contributed by atoms with Gasteiger partial charge in [-0.3, -0.25) is 4.79 Å². The summed E-state index contributed by atoms with van der Waals surface area (Å²) >= 11 is 0. The molecule has 2 aromatic rings. The number of rotatable bonds is 5. The van der Waals surface area contributed by atoms with Crippen LogP contribution in [0.5, 0.6) is 0 Å². The summed E-state index contributed by atoms with van der Waals surface area (Å²) in [6, 6.07) is 8.51. The molecule has 0 aliphatic rings. The maximum atomic E-state index is 11.7. The second-order valence-corrected chi connectivity index (χ2v) is 5.64. The van der Waals surface area contributed by atoms with Crippen LogP contribution in [0.25, 0.3) is 0 Å². The molecule has 0 spiro atoms. The topological polar surface area (TPSA) is 38.1 Å². The van der Waals surface area contributed by atoms with E-state index in [0.717, 1.165) is 12.4 Å². The van der Waals surface area contributed by atoms with Gasteiger partial charge in [-0.15, -0.1) is 0 Å². The third kappa shape index (κ3) is 3.72. The van der Waals surface area contributed by atoms with Crippen molar-refractivity contribution in [2.75, 3.05) is 0 Å². The van der Waals surface area contributed by atoms with E-state index in [1.54, 1.807) is 13.1 Å². The van der Waals surface area contributed by atoms with E-state index in [1.165, 1.54) is 11.1 Å². The minimum Gasteiger partial charge on any atom is -0.333 e. The van der Waals surface area contributed by atoms with Gasteiger partial charge in [0.15, 0.2) is 0 Å². The number of hydrogen-bond donors (Lipinski definition) is 0. The van der Waals surface area contributed by atoms with Gasteiger partial charge in [0.1, 0.15) is 5.82 Å². The number of carbonyl (C=O) groups is 1. The summed E-state index contributed by atoms with van der Waals surface area (Å²) in [5.41, 5.74) is 2.54. The number of benzene rings is 1. The molecule has 0 aliphatic heterocycles. The zero-order chi connectivity index (χ0) is 15.4. The Morgan fingerprint density at radius 2 is 2.05 bits per heavy atom. The largest absolute Gasteiger partial charge is 0.333 e. The van der Waals surface area contributed by atoms with E-state index in [0.29, 0.717) is 6.54 Å². The van der Waals surface area contributed by atoms with Crippen molar-refractivity contribution < 1.29 is 4.79 Å². The average molecular weight is 285 g/mol. The first-order valence-corrected chi connectivity index (χ1v) is 7.30. The van der Waals surface area contributed by atoms with E-state index in [1.807, 2.05) is 31.0 Å². The van der Waals surface area contributed by atoms with Crippen molar-refractivity contribution in [3.05, 3.63) is 53.6 Å². The molecule has 1 aromatic carbocycles. The van der Waals surface area contributed by atoms with Gasteiger partial charge in [-0.2, -0.15) is 0 Å². The molecule has 0 N–H and O–H groups in total. The van der Waals surface area contributed by atoms with Crippen molar-refractivity contribution in [3.63, 3.8) is 0 Å². The highest BCUT2D eigenvalue weighted by Gasteiger charge is 2.16. The van der Waals surface area contributed by atoms with Gasteiger partial charge >= 0.3 is 0 Å². The van der Waals surface area contributed by atoms with Gasteiger partial charge in [0.05, 0.1) is 6.54 Å². The highest BCUT2D eigenvalue weighted by atomic mass is 16.2. The molecule has 4 heteroatoms. The molecule has 4 nitrogen and oxygen atoms in total. The molecule has 0 bridgehead atoms. The lowest BCUT2D eigenvalue weighted by molar-refractivity contribution is -0.131. The Morgan fingerprint density at radius 1 is 1.33 bits per heavy atom. The number of aryl methyl sites for hydroxylation is 1. The van der Waals surface area contributed by atoms with Crippen LogP contribution in [0.2, 0.25) is 0 Å². The van der Waals surface area contributed by atoms with Crippen molar-refractivity contribution in [2.45, 2.75) is 46.8 Å².